The van der Waals surface area contributed by atoms with Crippen LogP contribution in [0.15, 0.2) is 16.6 Å². The molecule has 0 N–H and O–H groups in total. The van der Waals surface area contributed by atoms with Crippen molar-refractivity contribution in [3.8, 4) is 0 Å². The van der Waals surface area contributed by atoms with E-state index in [2.05, 4.69) is 20.7 Å². The lowest BCUT2D eigenvalue weighted by molar-refractivity contribution is 0.0521. The van der Waals surface area contributed by atoms with Gasteiger partial charge in [0.05, 0.1) is 16.6 Å². The molecule has 0 bridgehead atoms. The predicted octanol–water partition coefficient (Wildman–Crippen LogP) is 3.42. The minimum atomic E-state index is -0.715. The van der Waals surface area contributed by atoms with Crippen LogP contribution in [0.4, 0.5) is 4.39 Å². The summed E-state index contributed by atoms with van der Waals surface area (Å²) in [5.74, 6) is -1.37. The highest BCUT2D eigenvalue weighted by Crippen LogP contribution is 2.24. The second-order valence-electron chi connectivity index (χ2n) is 2.47. The van der Waals surface area contributed by atoms with Crippen molar-refractivity contribution in [1.82, 2.24) is 0 Å². The van der Waals surface area contributed by atoms with Crippen LogP contribution >= 0.6 is 27.5 Å². The summed E-state index contributed by atoms with van der Waals surface area (Å²) in [4.78, 5) is 11.2. The molecule has 1 rings (SSSR count). The van der Waals surface area contributed by atoms with Crippen molar-refractivity contribution in [3.05, 3.63) is 33.0 Å². The van der Waals surface area contributed by atoms with Gasteiger partial charge in [-0.25, -0.2) is 9.18 Å². The zero-order valence-electron chi connectivity index (χ0n) is 7.31. The lowest BCUT2D eigenvalue weighted by Crippen LogP contribution is -2.07. The molecule has 1 aromatic carbocycles. The molecule has 76 valence electrons. The molecule has 0 aliphatic carbocycles. The van der Waals surface area contributed by atoms with E-state index < -0.39 is 11.8 Å². The Morgan fingerprint density at radius 3 is 2.86 bits per heavy atom. The first kappa shape index (κ1) is 11.5. The maximum atomic E-state index is 13.3. The number of halogens is 3. The molecule has 0 saturated heterocycles. The fourth-order valence-corrected chi connectivity index (χ4v) is 1.72. The van der Waals surface area contributed by atoms with Gasteiger partial charge in [-0.1, -0.05) is 11.6 Å². The van der Waals surface area contributed by atoms with Gasteiger partial charge < -0.3 is 4.74 Å². The van der Waals surface area contributed by atoms with E-state index in [4.69, 9.17) is 11.6 Å². The van der Waals surface area contributed by atoms with Crippen LogP contribution in [0.2, 0.25) is 5.02 Å². The molecule has 0 atom stereocenters. The maximum absolute atomic E-state index is 13.3. The van der Waals surface area contributed by atoms with Gasteiger partial charge in [0.2, 0.25) is 0 Å². The summed E-state index contributed by atoms with van der Waals surface area (Å²) < 4.78 is 18.2. The third-order valence-electron chi connectivity index (χ3n) is 1.49. The van der Waals surface area contributed by atoms with Gasteiger partial charge in [0, 0.05) is 5.02 Å². The molecule has 0 aliphatic heterocycles. The molecule has 0 amide bonds. The van der Waals surface area contributed by atoms with Crippen molar-refractivity contribution in [2.75, 3.05) is 6.61 Å². The highest BCUT2D eigenvalue weighted by molar-refractivity contribution is 9.10. The number of hydrogen-bond donors (Lipinski definition) is 0. The molecule has 0 saturated carbocycles. The zero-order valence-corrected chi connectivity index (χ0v) is 9.65. The van der Waals surface area contributed by atoms with E-state index >= 15 is 0 Å². The molecule has 0 aliphatic rings. The molecule has 0 radical (unpaired) electrons. The first-order valence-electron chi connectivity index (χ1n) is 3.88. The van der Waals surface area contributed by atoms with Crippen molar-refractivity contribution in [2.45, 2.75) is 6.92 Å². The molecule has 2 nitrogen and oxygen atoms in total. The number of rotatable bonds is 2. The fourth-order valence-electron chi connectivity index (χ4n) is 0.913. The fraction of sp³-hybridized carbons (Fsp3) is 0.222. The summed E-state index contributed by atoms with van der Waals surface area (Å²) in [6.07, 6.45) is 0. The van der Waals surface area contributed by atoms with E-state index in [-0.39, 0.29) is 21.7 Å². The van der Waals surface area contributed by atoms with Crippen LogP contribution < -0.4 is 0 Å². The Kier molecular flexibility index (Phi) is 3.89. The quantitative estimate of drug-likeness (QED) is 0.613. The number of ether oxygens (including phenoxy) is 1. The molecule has 0 spiro atoms. The van der Waals surface area contributed by atoms with E-state index in [1.165, 1.54) is 12.1 Å². The Morgan fingerprint density at radius 2 is 2.29 bits per heavy atom. The van der Waals surface area contributed by atoms with Crippen molar-refractivity contribution in [2.24, 2.45) is 0 Å². The first-order chi connectivity index (χ1) is 6.56. The topological polar surface area (TPSA) is 26.3 Å². The van der Waals surface area contributed by atoms with E-state index in [1.54, 1.807) is 6.92 Å². The third-order valence-corrected chi connectivity index (χ3v) is 2.28. The van der Waals surface area contributed by atoms with E-state index in [1.807, 2.05) is 0 Å². The molecule has 5 heteroatoms. The number of benzene rings is 1. The highest BCUT2D eigenvalue weighted by atomic mass is 79.9. The summed E-state index contributed by atoms with van der Waals surface area (Å²) in [5, 5.41) is 0.279. The largest absolute Gasteiger partial charge is 0.462 e. The van der Waals surface area contributed by atoms with Crippen LogP contribution in [0.3, 0.4) is 0 Å². The minimum Gasteiger partial charge on any atom is -0.462 e. The molecule has 14 heavy (non-hydrogen) atoms. The first-order valence-corrected chi connectivity index (χ1v) is 5.05. The summed E-state index contributed by atoms with van der Waals surface area (Å²) in [5.41, 5.74) is -0.161. The second-order valence-corrected chi connectivity index (χ2v) is 3.76. The molecule has 0 aromatic heterocycles. The summed E-state index contributed by atoms with van der Waals surface area (Å²) in [7, 11) is 0. The van der Waals surface area contributed by atoms with Crippen LogP contribution in [0.5, 0.6) is 0 Å². The third kappa shape index (κ3) is 2.45. The second kappa shape index (κ2) is 4.75. The lowest BCUT2D eigenvalue weighted by Gasteiger charge is -2.04. The van der Waals surface area contributed by atoms with E-state index in [0.717, 1.165) is 0 Å². The van der Waals surface area contributed by atoms with Gasteiger partial charge in [0.15, 0.2) is 5.82 Å². The maximum Gasteiger partial charge on any atom is 0.341 e. The van der Waals surface area contributed by atoms with Crippen molar-refractivity contribution in [1.29, 1.82) is 0 Å². The van der Waals surface area contributed by atoms with Gasteiger partial charge in [-0.05, 0) is 35.0 Å². The Bertz CT molecular complexity index is 368. The Labute approximate surface area is 94.1 Å². The van der Waals surface area contributed by atoms with Crippen LogP contribution in [0.1, 0.15) is 17.3 Å². The SMILES string of the molecule is CCOC(=O)c1cc(Cl)cc(Br)c1F. The van der Waals surface area contributed by atoms with E-state index in [0.29, 0.717) is 0 Å². The molecular formula is C9H7BrClFO2. The minimum absolute atomic E-state index is 0.146. The number of carbonyl (C=O) groups is 1. The van der Waals surface area contributed by atoms with Crippen molar-refractivity contribution in [3.63, 3.8) is 0 Å². The summed E-state index contributed by atoms with van der Waals surface area (Å²) in [6.45, 7) is 1.85. The van der Waals surface area contributed by atoms with E-state index in [9.17, 15) is 9.18 Å². The van der Waals surface area contributed by atoms with Crippen LogP contribution in [-0.4, -0.2) is 12.6 Å². The van der Waals surface area contributed by atoms with Crippen LogP contribution in [-0.2, 0) is 4.74 Å². The normalized spacial score (nSPS) is 10.0. The van der Waals surface area contributed by atoms with Crippen molar-refractivity contribution < 1.29 is 13.9 Å². The Morgan fingerprint density at radius 1 is 1.64 bits per heavy atom. The molecule has 0 fully saturated rings. The Hall–Kier alpha value is -0.610. The smallest absolute Gasteiger partial charge is 0.341 e. The number of esters is 1. The van der Waals surface area contributed by atoms with Gasteiger partial charge >= 0.3 is 5.97 Å². The molecule has 0 unspecified atom stereocenters. The van der Waals surface area contributed by atoms with Gasteiger partial charge in [-0.3, -0.25) is 0 Å². The molecule has 1 aromatic rings. The number of carbonyl (C=O) groups excluding carboxylic acids is 1. The van der Waals surface area contributed by atoms with Gasteiger partial charge in [0.25, 0.3) is 0 Å². The molecule has 0 heterocycles. The van der Waals surface area contributed by atoms with Gasteiger partial charge in [0.1, 0.15) is 0 Å². The summed E-state index contributed by atoms with van der Waals surface area (Å²) >= 11 is 8.61. The predicted molar refractivity (Wildman–Crippen MR) is 55.1 cm³/mol. The monoisotopic (exact) mass is 280 g/mol. The zero-order chi connectivity index (χ0) is 10.7. The molecular weight excluding hydrogens is 274 g/mol. The average Bonchev–Trinajstić information content (AvgIpc) is 2.11. The average molecular weight is 282 g/mol. The van der Waals surface area contributed by atoms with Crippen molar-refractivity contribution >= 4 is 33.5 Å². The van der Waals surface area contributed by atoms with Gasteiger partial charge in [-0.2, -0.15) is 0 Å². The summed E-state index contributed by atoms with van der Waals surface area (Å²) in [6, 6.07) is 2.61. The lowest BCUT2D eigenvalue weighted by atomic mass is 10.2. The Balaban J connectivity index is 3.13. The highest BCUT2D eigenvalue weighted by Gasteiger charge is 2.16. The van der Waals surface area contributed by atoms with Crippen LogP contribution in [0, 0.1) is 5.82 Å². The van der Waals surface area contributed by atoms with Crippen LogP contribution in [0.25, 0.3) is 0 Å². The van der Waals surface area contributed by atoms with Gasteiger partial charge in [-0.15, -0.1) is 0 Å². The number of hydrogen-bond acceptors (Lipinski definition) is 2. The standard InChI is InChI=1S/C9H7BrClFO2/c1-2-14-9(13)6-3-5(11)4-7(10)8(6)12/h3-4H,2H2,1H3.